The van der Waals surface area contributed by atoms with Crippen LogP contribution in [0.4, 0.5) is 32.4 Å². The van der Waals surface area contributed by atoms with Gasteiger partial charge in [-0.05, 0) is 12.1 Å². The average Bonchev–Trinajstić information content (AvgIpc) is 3.37. The molecule has 2 aliphatic heterocycles. The number of fused-ring (bicyclic) bond motifs is 1. The van der Waals surface area contributed by atoms with Gasteiger partial charge in [-0.15, -0.1) is 0 Å². The van der Waals surface area contributed by atoms with Crippen LogP contribution in [0.2, 0.25) is 0 Å². The molecule has 10 nitrogen and oxygen atoms in total. The van der Waals surface area contributed by atoms with E-state index >= 15 is 0 Å². The number of hydrogen-bond acceptors (Lipinski definition) is 7. The van der Waals surface area contributed by atoms with Gasteiger partial charge in [0.25, 0.3) is 0 Å². The number of imidazole rings is 1. The van der Waals surface area contributed by atoms with E-state index in [2.05, 4.69) is 25.7 Å². The minimum absolute atomic E-state index is 0.0290. The highest BCUT2D eigenvalue weighted by Crippen LogP contribution is 2.36. The summed E-state index contributed by atoms with van der Waals surface area (Å²) >= 11 is 0. The lowest BCUT2D eigenvalue weighted by Gasteiger charge is -2.24. The molecule has 0 spiro atoms. The number of imide groups is 1. The Morgan fingerprint density at radius 1 is 1.17 bits per heavy atom. The van der Waals surface area contributed by atoms with Crippen LogP contribution in [-0.4, -0.2) is 63.2 Å². The van der Waals surface area contributed by atoms with Crippen molar-refractivity contribution in [2.75, 3.05) is 24.5 Å². The highest BCUT2D eigenvalue weighted by atomic mass is 19.4. The maximum absolute atomic E-state index is 14.9. The summed E-state index contributed by atoms with van der Waals surface area (Å²) in [6.45, 7) is -1.15. The summed E-state index contributed by atoms with van der Waals surface area (Å²) in [5, 5.41) is 8.93. The van der Waals surface area contributed by atoms with Crippen LogP contribution < -0.4 is 20.3 Å². The zero-order chi connectivity index (χ0) is 25.0. The number of urea groups is 1. The van der Waals surface area contributed by atoms with Crippen molar-refractivity contribution in [3.63, 3.8) is 0 Å². The number of alkyl halides is 5. The molecule has 2 aliphatic rings. The van der Waals surface area contributed by atoms with E-state index in [-0.39, 0.29) is 36.0 Å². The van der Waals surface area contributed by atoms with Crippen LogP contribution in [0.5, 0.6) is 5.88 Å². The molecule has 35 heavy (non-hydrogen) atoms. The molecule has 1 unspecified atom stereocenters. The molecule has 5 rings (SSSR count). The maximum atomic E-state index is 14.9. The first-order chi connectivity index (χ1) is 16.5. The monoisotopic (exact) mass is 497 g/mol. The Hall–Kier alpha value is -4.04. The number of nitrogens with zero attached hydrogens (tertiary/aromatic N) is 5. The lowest BCUT2D eigenvalue weighted by molar-refractivity contribution is -0.138. The minimum Gasteiger partial charge on any atom is -0.466 e. The SMILES string of the molecule is O=C1NCC(c2cc(N3C[C@@H](Oc4ccc(C(F)(F)F)cn4)C(F)(F)C3)c3nccn3n2)C(=O)N1. The standard InChI is InChI=1S/C20H16F5N7O3/c21-19(22)9-31(8-14(19)35-15-2-1-10(6-27-15)20(23,24)25)13-5-12(30-32-4-3-26-16(13)32)11-7-28-18(34)29-17(11)33/h1-6,11,14H,7-9H2,(H2,28,29,33,34)/t11?,14-/m1/s1. The van der Waals surface area contributed by atoms with Gasteiger partial charge in [-0.3, -0.25) is 10.1 Å². The molecule has 0 aromatic carbocycles. The normalized spacial score (nSPS) is 22.3. The van der Waals surface area contributed by atoms with Crippen molar-refractivity contribution in [3.05, 3.63) is 48.0 Å². The quantitative estimate of drug-likeness (QED) is 0.530. The highest BCUT2D eigenvalue weighted by Gasteiger charge is 2.51. The number of pyridine rings is 1. The smallest absolute Gasteiger partial charge is 0.417 e. The number of carbonyl (C=O) groups is 2. The molecule has 15 heteroatoms. The van der Waals surface area contributed by atoms with Crippen LogP contribution >= 0.6 is 0 Å². The number of anilines is 1. The topological polar surface area (TPSA) is 114 Å². The van der Waals surface area contributed by atoms with Crippen molar-refractivity contribution in [3.8, 4) is 5.88 Å². The fourth-order valence-corrected chi connectivity index (χ4v) is 3.92. The molecule has 3 aromatic heterocycles. The molecule has 3 amide bonds. The second-order valence-corrected chi connectivity index (χ2v) is 8.03. The van der Waals surface area contributed by atoms with Crippen molar-refractivity contribution >= 4 is 23.3 Å². The molecule has 0 radical (unpaired) electrons. The zero-order valence-electron chi connectivity index (χ0n) is 17.6. The van der Waals surface area contributed by atoms with E-state index in [1.165, 1.54) is 27.9 Å². The van der Waals surface area contributed by atoms with Crippen LogP contribution in [0.15, 0.2) is 36.8 Å². The van der Waals surface area contributed by atoms with Gasteiger partial charge in [0.15, 0.2) is 11.8 Å². The maximum Gasteiger partial charge on any atom is 0.417 e. The molecule has 184 valence electrons. The predicted octanol–water partition coefficient (Wildman–Crippen LogP) is 1.97. The summed E-state index contributed by atoms with van der Waals surface area (Å²) < 4.78 is 74.5. The molecule has 0 bridgehead atoms. The van der Waals surface area contributed by atoms with Gasteiger partial charge in [-0.2, -0.15) is 18.3 Å². The zero-order valence-corrected chi connectivity index (χ0v) is 17.6. The summed E-state index contributed by atoms with van der Waals surface area (Å²) in [6, 6.07) is 2.38. The highest BCUT2D eigenvalue weighted by molar-refractivity contribution is 6.00. The van der Waals surface area contributed by atoms with Crippen LogP contribution in [0.1, 0.15) is 17.2 Å². The van der Waals surface area contributed by atoms with Crippen LogP contribution in [0, 0.1) is 0 Å². The fourth-order valence-electron chi connectivity index (χ4n) is 3.92. The van der Waals surface area contributed by atoms with E-state index < -0.39 is 48.2 Å². The number of halogens is 5. The molecular weight excluding hydrogens is 481 g/mol. The average molecular weight is 497 g/mol. The third-order valence-corrected chi connectivity index (χ3v) is 5.66. The van der Waals surface area contributed by atoms with E-state index in [9.17, 15) is 31.5 Å². The third-order valence-electron chi connectivity index (χ3n) is 5.66. The van der Waals surface area contributed by atoms with E-state index in [1.807, 2.05) is 0 Å². The Labute approximate surface area is 193 Å². The third kappa shape index (κ3) is 4.28. The Morgan fingerprint density at radius 3 is 2.66 bits per heavy atom. The Morgan fingerprint density at radius 2 is 1.97 bits per heavy atom. The van der Waals surface area contributed by atoms with Gasteiger partial charge < -0.3 is 15.0 Å². The van der Waals surface area contributed by atoms with Gasteiger partial charge in [-0.25, -0.2) is 28.1 Å². The van der Waals surface area contributed by atoms with E-state index in [0.717, 1.165) is 6.07 Å². The molecule has 3 aromatic rings. The number of ether oxygens (including phenoxy) is 1. The Kier molecular flexibility index (Phi) is 5.21. The second kappa shape index (κ2) is 8.02. The first-order valence-corrected chi connectivity index (χ1v) is 10.3. The molecule has 5 heterocycles. The van der Waals surface area contributed by atoms with Gasteiger partial charge in [-0.1, -0.05) is 0 Å². The fraction of sp³-hybridized carbons (Fsp3) is 0.350. The Balaban J connectivity index is 1.42. The van der Waals surface area contributed by atoms with Gasteiger partial charge in [0.05, 0.1) is 36.0 Å². The van der Waals surface area contributed by atoms with Crippen molar-refractivity contribution < 1.29 is 36.3 Å². The lowest BCUT2D eigenvalue weighted by atomic mass is 10.0. The van der Waals surface area contributed by atoms with Gasteiger partial charge in [0, 0.05) is 31.2 Å². The van der Waals surface area contributed by atoms with Gasteiger partial charge in [0.2, 0.25) is 11.8 Å². The number of carbonyl (C=O) groups excluding carboxylic acids is 2. The summed E-state index contributed by atoms with van der Waals surface area (Å²) in [4.78, 5) is 32.6. The largest absolute Gasteiger partial charge is 0.466 e. The summed E-state index contributed by atoms with van der Waals surface area (Å²) in [5.74, 6) is -5.20. The molecule has 0 saturated carbocycles. The number of hydrogen-bond donors (Lipinski definition) is 2. The van der Waals surface area contributed by atoms with Gasteiger partial charge in [0.1, 0.15) is 0 Å². The van der Waals surface area contributed by atoms with E-state index in [0.29, 0.717) is 12.3 Å². The number of nitrogens with one attached hydrogen (secondary N) is 2. The minimum atomic E-state index is -4.62. The summed E-state index contributed by atoms with van der Waals surface area (Å²) in [5.41, 5.74) is -0.312. The first-order valence-electron chi connectivity index (χ1n) is 10.3. The Bertz CT molecular complexity index is 1290. The van der Waals surface area contributed by atoms with Crippen molar-refractivity contribution in [1.82, 2.24) is 30.2 Å². The van der Waals surface area contributed by atoms with Gasteiger partial charge >= 0.3 is 18.1 Å². The van der Waals surface area contributed by atoms with E-state index in [1.54, 1.807) is 0 Å². The second-order valence-electron chi connectivity index (χ2n) is 8.03. The molecule has 2 fully saturated rings. The number of amides is 3. The summed E-state index contributed by atoms with van der Waals surface area (Å²) in [7, 11) is 0. The predicted molar refractivity (Wildman–Crippen MR) is 108 cm³/mol. The van der Waals surface area contributed by atoms with Crippen molar-refractivity contribution in [2.24, 2.45) is 0 Å². The van der Waals surface area contributed by atoms with Crippen LogP contribution in [0.3, 0.4) is 0 Å². The van der Waals surface area contributed by atoms with E-state index in [4.69, 9.17) is 4.74 Å². The molecule has 2 atom stereocenters. The van der Waals surface area contributed by atoms with Crippen LogP contribution in [0.25, 0.3) is 5.65 Å². The molecule has 0 aliphatic carbocycles. The lowest BCUT2D eigenvalue weighted by Crippen LogP contribution is -2.51. The summed E-state index contributed by atoms with van der Waals surface area (Å²) in [6.07, 6.45) is -2.93. The number of aromatic nitrogens is 4. The molecule has 2 N–H and O–H groups in total. The van der Waals surface area contributed by atoms with Crippen molar-refractivity contribution in [2.45, 2.75) is 24.1 Å². The first kappa shape index (κ1) is 22.7. The van der Waals surface area contributed by atoms with Crippen molar-refractivity contribution in [1.29, 1.82) is 0 Å². The molecule has 2 saturated heterocycles. The van der Waals surface area contributed by atoms with Crippen LogP contribution in [-0.2, 0) is 11.0 Å². The molecular formula is C20H16F5N7O3. The number of rotatable bonds is 4.